The molecule has 154 valence electrons. The number of hydrogen-bond acceptors (Lipinski definition) is 7. The second kappa shape index (κ2) is 10.1. The molecule has 0 aliphatic carbocycles. The lowest BCUT2D eigenvalue weighted by molar-refractivity contribution is -0.386. The molecule has 1 amide bonds. The van der Waals surface area contributed by atoms with Gasteiger partial charge in [-0.1, -0.05) is 26.0 Å². The molecule has 9 heteroatoms. The van der Waals surface area contributed by atoms with Crippen molar-refractivity contribution in [3.63, 3.8) is 0 Å². The molecule has 29 heavy (non-hydrogen) atoms. The Morgan fingerprint density at radius 3 is 2.59 bits per heavy atom. The zero-order chi connectivity index (χ0) is 21.4. The van der Waals surface area contributed by atoms with E-state index in [4.69, 9.17) is 9.47 Å². The molecule has 0 bridgehead atoms. The summed E-state index contributed by atoms with van der Waals surface area (Å²) in [6, 6.07) is 10.0. The SMILES string of the molecule is CC[C@H](C)c1ccc(OCC(=O)N/N=C\c2ccc(O)c(OC)c2[N+](=O)[O-])cc1. The fraction of sp³-hybridized carbons (Fsp3) is 0.300. The molecule has 0 aromatic heterocycles. The van der Waals surface area contributed by atoms with Crippen LogP contribution in [0.1, 0.15) is 37.3 Å². The number of carbonyl (C=O) groups excluding carboxylic acids is 1. The first kappa shape index (κ1) is 21.7. The molecule has 1 atom stereocenters. The number of carbonyl (C=O) groups is 1. The average molecular weight is 401 g/mol. The zero-order valence-electron chi connectivity index (χ0n) is 16.4. The average Bonchev–Trinajstić information content (AvgIpc) is 2.72. The van der Waals surface area contributed by atoms with Crippen LogP contribution in [-0.4, -0.2) is 35.9 Å². The number of nitrogens with zero attached hydrogens (tertiary/aromatic N) is 2. The van der Waals surface area contributed by atoms with Gasteiger partial charge in [0.1, 0.15) is 5.75 Å². The van der Waals surface area contributed by atoms with Crippen LogP contribution in [0.2, 0.25) is 0 Å². The molecule has 2 N–H and O–H groups in total. The summed E-state index contributed by atoms with van der Waals surface area (Å²) < 4.78 is 10.3. The van der Waals surface area contributed by atoms with Crippen molar-refractivity contribution in [1.29, 1.82) is 0 Å². The monoisotopic (exact) mass is 401 g/mol. The van der Waals surface area contributed by atoms with Crippen molar-refractivity contribution in [1.82, 2.24) is 5.43 Å². The Morgan fingerprint density at radius 2 is 2.00 bits per heavy atom. The standard InChI is InChI=1S/C20H23N3O6/c1-4-13(2)14-5-8-16(9-6-14)29-12-18(25)22-21-11-15-7-10-17(24)20(28-3)19(15)23(26)27/h5-11,13,24H,4,12H2,1-3H3,(H,22,25)/b21-11-/t13-/m0/s1. The van der Waals surface area contributed by atoms with Crippen LogP contribution in [0.3, 0.4) is 0 Å². The highest BCUT2D eigenvalue weighted by Gasteiger charge is 2.23. The molecular formula is C20H23N3O6. The second-order valence-corrected chi connectivity index (χ2v) is 6.27. The van der Waals surface area contributed by atoms with Crippen LogP contribution in [0.15, 0.2) is 41.5 Å². The van der Waals surface area contributed by atoms with Gasteiger partial charge in [-0.05, 0) is 42.2 Å². The van der Waals surface area contributed by atoms with E-state index in [-0.39, 0.29) is 23.7 Å². The van der Waals surface area contributed by atoms with E-state index in [1.807, 2.05) is 12.1 Å². The van der Waals surface area contributed by atoms with E-state index in [0.29, 0.717) is 11.7 Å². The molecule has 0 aliphatic heterocycles. The van der Waals surface area contributed by atoms with E-state index in [0.717, 1.165) is 12.6 Å². The van der Waals surface area contributed by atoms with Gasteiger partial charge in [-0.3, -0.25) is 14.9 Å². The van der Waals surface area contributed by atoms with Crippen LogP contribution in [0, 0.1) is 10.1 Å². The second-order valence-electron chi connectivity index (χ2n) is 6.27. The Bertz CT molecular complexity index is 896. The van der Waals surface area contributed by atoms with Gasteiger partial charge in [0.05, 0.1) is 23.8 Å². The minimum atomic E-state index is -0.700. The summed E-state index contributed by atoms with van der Waals surface area (Å²) in [7, 11) is 1.21. The molecule has 0 spiro atoms. The third-order valence-electron chi connectivity index (χ3n) is 4.35. The number of hydrogen-bond donors (Lipinski definition) is 2. The molecule has 9 nitrogen and oxygen atoms in total. The van der Waals surface area contributed by atoms with Crippen LogP contribution in [0.4, 0.5) is 5.69 Å². The first-order chi connectivity index (χ1) is 13.9. The Kier molecular flexibility index (Phi) is 7.53. The van der Waals surface area contributed by atoms with Gasteiger partial charge >= 0.3 is 5.69 Å². The Morgan fingerprint density at radius 1 is 1.31 bits per heavy atom. The van der Waals surface area contributed by atoms with Crippen molar-refractivity contribution in [3.8, 4) is 17.2 Å². The largest absolute Gasteiger partial charge is 0.504 e. The fourth-order valence-corrected chi connectivity index (χ4v) is 2.55. The maximum absolute atomic E-state index is 11.9. The molecule has 0 saturated heterocycles. The predicted molar refractivity (Wildman–Crippen MR) is 108 cm³/mol. The lowest BCUT2D eigenvalue weighted by Crippen LogP contribution is -2.24. The van der Waals surface area contributed by atoms with Crippen LogP contribution >= 0.6 is 0 Å². The highest BCUT2D eigenvalue weighted by atomic mass is 16.6. The molecule has 0 heterocycles. The van der Waals surface area contributed by atoms with E-state index >= 15 is 0 Å². The number of nitro groups is 1. The molecule has 0 fully saturated rings. The number of ether oxygens (including phenoxy) is 2. The number of phenols is 1. The fourth-order valence-electron chi connectivity index (χ4n) is 2.55. The number of amides is 1. The number of nitro benzene ring substituents is 1. The number of rotatable bonds is 9. The van der Waals surface area contributed by atoms with Gasteiger partial charge in [0, 0.05) is 0 Å². The van der Waals surface area contributed by atoms with Crippen molar-refractivity contribution in [3.05, 3.63) is 57.6 Å². The quantitative estimate of drug-likeness (QED) is 0.377. The molecule has 0 unspecified atom stereocenters. The summed E-state index contributed by atoms with van der Waals surface area (Å²) >= 11 is 0. The van der Waals surface area contributed by atoms with Gasteiger partial charge < -0.3 is 14.6 Å². The molecule has 0 radical (unpaired) electrons. The highest BCUT2D eigenvalue weighted by Crippen LogP contribution is 2.37. The normalized spacial score (nSPS) is 11.8. The van der Waals surface area contributed by atoms with Crippen molar-refractivity contribution < 1.29 is 24.3 Å². The number of aromatic hydroxyl groups is 1. The van der Waals surface area contributed by atoms with E-state index in [9.17, 15) is 20.0 Å². The summed E-state index contributed by atoms with van der Waals surface area (Å²) in [4.78, 5) is 22.4. The van der Waals surface area contributed by atoms with Gasteiger partial charge in [0.2, 0.25) is 5.75 Å². The topological polar surface area (TPSA) is 123 Å². The Hall–Kier alpha value is -3.62. The van der Waals surface area contributed by atoms with E-state index < -0.39 is 16.5 Å². The molecule has 0 saturated carbocycles. The third kappa shape index (κ3) is 5.68. The number of benzene rings is 2. The Balaban J connectivity index is 1.96. The van der Waals surface area contributed by atoms with Crippen molar-refractivity contribution in [2.75, 3.05) is 13.7 Å². The summed E-state index contributed by atoms with van der Waals surface area (Å²) in [6.07, 6.45) is 2.13. The van der Waals surface area contributed by atoms with Crippen molar-refractivity contribution in [2.24, 2.45) is 5.10 Å². The minimum Gasteiger partial charge on any atom is -0.504 e. The van der Waals surface area contributed by atoms with E-state index in [1.165, 1.54) is 24.8 Å². The number of methoxy groups -OCH3 is 1. The number of nitrogens with one attached hydrogen (secondary N) is 1. The van der Waals surface area contributed by atoms with Crippen LogP contribution in [0.25, 0.3) is 0 Å². The molecule has 2 aromatic carbocycles. The lowest BCUT2D eigenvalue weighted by atomic mass is 9.99. The number of hydrazone groups is 1. The van der Waals surface area contributed by atoms with E-state index in [1.54, 1.807) is 12.1 Å². The summed E-state index contributed by atoms with van der Waals surface area (Å²) in [5, 5.41) is 24.6. The van der Waals surface area contributed by atoms with Gasteiger partial charge in [-0.2, -0.15) is 5.10 Å². The summed E-state index contributed by atoms with van der Waals surface area (Å²) in [5.74, 6) is -0.178. The van der Waals surface area contributed by atoms with Crippen molar-refractivity contribution >= 4 is 17.8 Å². The van der Waals surface area contributed by atoms with Crippen LogP contribution in [-0.2, 0) is 4.79 Å². The van der Waals surface area contributed by atoms with Crippen LogP contribution in [0.5, 0.6) is 17.2 Å². The Labute approximate surface area is 168 Å². The maximum atomic E-state index is 11.9. The van der Waals surface area contributed by atoms with E-state index in [2.05, 4.69) is 24.4 Å². The lowest BCUT2D eigenvalue weighted by Gasteiger charge is -2.10. The molecule has 0 aliphatic rings. The first-order valence-corrected chi connectivity index (χ1v) is 8.96. The smallest absolute Gasteiger partial charge is 0.323 e. The number of phenolic OH excluding ortho intramolecular Hbond substituents is 1. The van der Waals surface area contributed by atoms with Gasteiger partial charge in [0.15, 0.2) is 12.4 Å². The van der Waals surface area contributed by atoms with Gasteiger partial charge in [-0.15, -0.1) is 0 Å². The maximum Gasteiger partial charge on any atom is 0.323 e. The zero-order valence-corrected chi connectivity index (χ0v) is 16.4. The van der Waals surface area contributed by atoms with Gasteiger partial charge in [-0.25, -0.2) is 5.43 Å². The molecular weight excluding hydrogens is 378 g/mol. The molecule has 2 aromatic rings. The third-order valence-corrected chi connectivity index (χ3v) is 4.35. The first-order valence-electron chi connectivity index (χ1n) is 8.96. The summed E-state index contributed by atoms with van der Waals surface area (Å²) in [5.41, 5.74) is 3.04. The minimum absolute atomic E-state index is 0.0616. The van der Waals surface area contributed by atoms with Gasteiger partial charge in [0.25, 0.3) is 5.91 Å². The van der Waals surface area contributed by atoms with Crippen molar-refractivity contribution in [2.45, 2.75) is 26.2 Å². The van der Waals surface area contributed by atoms with Crippen LogP contribution < -0.4 is 14.9 Å². The molecule has 2 rings (SSSR count). The predicted octanol–water partition coefficient (Wildman–Crippen LogP) is 3.35. The highest BCUT2D eigenvalue weighted by molar-refractivity contribution is 5.89. The summed E-state index contributed by atoms with van der Waals surface area (Å²) in [6.45, 7) is 3.99.